The monoisotopic (exact) mass is 388 g/mol. The molecule has 1 amide bonds. The Hall–Kier alpha value is -3.74. The van der Waals surface area contributed by atoms with Crippen molar-refractivity contribution in [2.75, 3.05) is 5.32 Å². The summed E-state index contributed by atoms with van der Waals surface area (Å²) in [5.74, 6) is 0.452. The fraction of sp³-hybridized carbons (Fsp3) is 0.182. The third-order valence-electron chi connectivity index (χ3n) is 4.76. The molecule has 0 fully saturated rings. The molecule has 0 saturated carbocycles. The van der Waals surface area contributed by atoms with E-state index in [2.05, 4.69) is 20.5 Å². The number of anilines is 1. The van der Waals surface area contributed by atoms with E-state index in [4.69, 9.17) is 4.42 Å². The van der Waals surface area contributed by atoms with E-state index >= 15 is 0 Å². The maximum atomic E-state index is 12.5. The normalized spacial score (nSPS) is 12.0. The Morgan fingerprint density at radius 1 is 1.17 bits per heavy atom. The molecule has 0 aliphatic heterocycles. The molecule has 4 rings (SSSR count). The maximum absolute atomic E-state index is 12.5. The molecule has 0 saturated heterocycles. The van der Waals surface area contributed by atoms with Crippen LogP contribution in [0.2, 0.25) is 0 Å². The number of furan rings is 1. The van der Waals surface area contributed by atoms with Gasteiger partial charge in [-0.05, 0) is 29.7 Å². The van der Waals surface area contributed by atoms with Crippen LogP contribution in [0.3, 0.4) is 0 Å². The molecule has 2 N–H and O–H groups in total. The first-order valence-corrected chi connectivity index (χ1v) is 9.34. The van der Waals surface area contributed by atoms with Crippen molar-refractivity contribution in [3.63, 3.8) is 0 Å². The van der Waals surface area contributed by atoms with Gasteiger partial charge in [0.2, 0.25) is 0 Å². The van der Waals surface area contributed by atoms with Crippen molar-refractivity contribution in [1.29, 1.82) is 0 Å². The summed E-state index contributed by atoms with van der Waals surface area (Å²) in [7, 11) is 0. The number of amides is 1. The quantitative estimate of drug-likeness (QED) is 0.496. The second kappa shape index (κ2) is 8.10. The predicted octanol–water partition coefficient (Wildman–Crippen LogP) is 4.11. The molecule has 29 heavy (non-hydrogen) atoms. The lowest BCUT2D eigenvalue weighted by Crippen LogP contribution is -2.11. The van der Waals surface area contributed by atoms with Crippen molar-refractivity contribution >= 4 is 28.4 Å². The average Bonchev–Trinajstić information content (AvgIpc) is 3.39. The van der Waals surface area contributed by atoms with E-state index in [1.54, 1.807) is 24.4 Å². The average molecular weight is 388 g/mol. The van der Waals surface area contributed by atoms with Crippen molar-refractivity contribution in [2.24, 2.45) is 0 Å². The van der Waals surface area contributed by atoms with Gasteiger partial charge in [0.25, 0.3) is 5.91 Å². The topological polar surface area (TPSA) is 101 Å². The molecule has 0 unspecified atom stereocenters. The lowest BCUT2D eigenvalue weighted by Gasteiger charge is -2.10. The van der Waals surface area contributed by atoms with Crippen LogP contribution in [0.4, 0.5) is 5.82 Å². The molecule has 0 bridgehead atoms. The number of benzene rings is 1. The van der Waals surface area contributed by atoms with Gasteiger partial charge in [0.15, 0.2) is 11.6 Å². The Labute approximate surface area is 167 Å². The molecule has 0 spiro atoms. The van der Waals surface area contributed by atoms with E-state index in [0.717, 1.165) is 5.56 Å². The Morgan fingerprint density at radius 3 is 2.76 bits per heavy atom. The van der Waals surface area contributed by atoms with Crippen LogP contribution in [0.25, 0.3) is 10.9 Å². The second-order valence-corrected chi connectivity index (χ2v) is 6.96. The molecule has 7 nitrogen and oxygen atoms in total. The number of aromatic nitrogens is 3. The van der Waals surface area contributed by atoms with Gasteiger partial charge in [0.1, 0.15) is 5.78 Å². The summed E-state index contributed by atoms with van der Waals surface area (Å²) in [6.07, 6.45) is 3.75. The summed E-state index contributed by atoms with van der Waals surface area (Å²) >= 11 is 0. The van der Waals surface area contributed by atoms with Crippen molar-refractivity contribution in [3.05, 3.63) is 78.0 Å². The van der Waals surface area contributed by atoms with Gasteiger partial charge in [-0.25, -0.2) is 0 Å². The maximum Gasteiger partial charge on any atom is 0.292 e. The zero-order valence-corrected chi connectivity index (χ0v) is 15.9. The SMILES string of the molecule is C[C@@H](CC(=O)Cc1cc2[nH]nc(NC(=O)c3ccco3)c2cn1)c1ccccc1. The third kappa shape index (κ3) is 4.24. The summed E-state index contributed by atoms with van der Waals surface area (Å²) in [6.45, 7) is 2.05. The number of rotatable bonds is 7. The Balaban J connectivity index is 1.43. The highest BCUT2D eigenvalue weighted by Crippen LogP contribution is 2.23. The summed E-state index contributed by atoms with van der Waals surface area (Å²) < 4.78 is 5.08. The zero-order valence-electron chi connectivity index (χ0n) is 15.9. The van der Waals surface area contributed by atoms with Crippen LogP contribution < -0.4 is 5.32 Å². The third-order valence-corrected chi connectivity index (χ3v) is 4.76. The van der Waals surface area contributed by atoms with E-state index in [-0.39, 0.29) is 23.9 Å². The predicted molar refractivity (Wildman–Crippen MR) is 109 cm³/mol. The van der Waals surface area contributed by atoms with Crippen LogP contribution in [0.5, 0.6) is 0 Å². The summed E-state index contributed by atoms with van der Waals surface area (Å²) in [4.78, 5) is 29.0. The number of Topliss-reactive ketones (excluding diaryl/α,β-unsaturated/α-hetero) is 1. The van der Waals surface area contributed by atoms with Crippen molar-refractivity contribution in [1.82, 2.24) is 15.2 Å². The minimum absolute atomic E-state index is 0.124. The lowest BCUT2D eigenvalue weighted by atomic mass is 9.94. The first-order chi connectivity index (χ1) is 14.1. The Bertz CT molecular complexity index is 1130. The molecule has 0 radical (unpaired) electrons. The highest BCUT2D eigenvalue weighted by atomic mass is 16.3. The number of hydrogen-bond donors (Lipinski definition) is 2. The van der Waals surface area contributed by atoms with Gasteiger partial charge in [-0.15, -0.1) is 0 Å². The largest absolute Gasteiger partial charge is 0.459 e. The molecule has 3 heterocycles. The van der Waals surface area contributed by atoms with Crippen molar-refractivity contribution in [2.45, 2.75) is 25.7 Å². The Morgan fingerprint density at radius 2 is 2.00 bits per heavy atom. The standard InChI is InChI=1S/C22H20N4O3/c1-14(15-6-3-2-4-7-15)10-17(27)11-16-12-19-18(13-23-16)21(26-25-19)24-22(28)20-8-5-9-29-20/h2-9,12-14H,10-11H2,1H3,(H2,24,25,26,28)/t14-/m0/s1. The summed E-state index contributed by atoms with van der Waals surface area (Å²) in [5, 5.41) is 10.4. The van der Waals surface area contributed by atoms with Gasteiger partial charge < -0.3 is 9.73 Å². The fourth-order valence-electron chi connectivity index (χ4n) is 3.24. The van der Waals surface area contributed by atoms with Crippen LogP contribution in [0.1, 0.15) is 41.1 Å². The van der Waals surface area contributed by atoms with Crippen LogP contribution >= 0.6 is 0 Å². The molecule has 3 aromatic heterocycles. The minimum atomic E-state index is -0.391. The van der Waals surface area contributed by atoms with E-state index in [1.165, 1.54) is 6.26 Å². The van der Waals surface area contributed by atoms with Gasteiger partial charge in [0.05, 0.1) is 17.2 Å². The number of nitrogens with one attached hydrogen (secondary N) is 2. The minimum Gasteiger partial charge on any atom is -0.459 e. The van der Waals surface area contributed by atoms with Crippen molar-refractivity contribution in [3.8, 4) is 0 Å². The number of carbonyl (C=O) groups excluding carboxylic acids is 2. The highest BCUT2D eigenvalue weighted by Gasteiger charge is 2.16. The van der Waals surface area contributed by atoms with Gasteiger partial charge in [-0.1, -0.05) is 37.3 Å². The first kappa shape index (κ1) is 18.6. The first-order valence-electron chi connectivity index (χ1n) is 9.34. The van der Waals surface area contributed by atoms with Crippen LogP contribution in [-0.4, -0.2) is 26.9 Å². The van der Waals surface area contributed by atoms with Gasteiger partial charge >= 0.3 is 0 Å². The van der Waals surface area contributed by atoms with E-state index in [9.17, 15) is 9.59 Å². The number of H-pyrrole nitrogens is 1. The second-order valence-electron chi connectivity index (χ2n) is 6.96. The van der Waals surface area contributed by atoms with E-state index in [1.807, 2.05) is 37.3 Å². The van der Waals surface area contributed by atoms with Crippen LogP contribution in [0.15, 0.2) is 65.4 Å². The van der Waals surface area contributed by atoms with Crippen LogP contribution in [-0.2, 0) is 11.2 Å². The molecule has 1 atom stereocenters. The van der Waals surface area contributed by atoms with E-state index < -0.39 is 5.91 Å². The number of ketones is 1. The number of fused-ring (bicyclic) bond motifs is 1. The number of carbonyl (C=O) groups is 2. The molecule has 7 heteroatoms. The van der Waals surface area contributed by atoms with Gasteiger partial charge in [-0.2, -0.15) is 5.10 Å². The molecule has 0 aliphatic rings. The molecule has 4 aromatic rings. The van der Waals surface area contributed by atoms with Gasteiger partial charge in [0, 0.05) is 24.7 Å². The zero-order chi connectivity index (χ0) is 20.2. The summed E-state index contributed by atoms with van der Waals surface area (Å²) in [6, 6.07) is 15.0. The lowest BCUT2D eigenvalue weighted by molar-refractivity contribution is -0.118. The number of aromatic amines is 1. The summed E-state index contributed by atoms with van der Waals surface area (Å²) in [5.41, 5.74) is 2.51. The smallest absolute Gasteiger partial charge is 0.292 e. The van der Waals surface area contributed by atoms with E-state index in [0.29, 0.717) is 28.8 Å². The van der Waals surface area contributed by atoms with Crippen LogP contribution in [0, 0.1) is 0 Å². The molecular weight excluding hydrogens is 368 g/mol. The Kier molecular flexibility index (Phi) is 5.20. The number of nitrogens with zero attached hydrogens (tertiary/aromatic N) is 2. The fourth-order valence-corrected chi connectivity index (χ4v) is 3.24. The highest BCUT2D eigenvalue weighted by molar-refractivity contribution is 6.06. The van der Waals surface area contributed by atoms with Crippen molar-refractivity contribution < 1.29 is 14.0 Å². The molecule has 146 valence electrons. The number of pyridine rings is 1. The molecular formula is C22H20N4O3. The molecule has 1 aromatic carbocycles. The molecule has 0 aliphatic carbocycles. The van der Waals surface area contributed by atoms with Gasteiger partial charge in [-0.3, -0.25) is 19.7 Å². The number of hydrogen-bond acceptors (Lipinski definition) is 5.